The molecular weight excluding hydrogens is 851 g/mol. The van der Waals surface area contributed by atoms with Crippen molar-refractivity contribution in [2.45, 2.75) is 333 Å². The fraction of sp³-hybridized carbons (Fsp3) is 0.915. The van der Waals surface area contributed by atoms with Crippen molar-refractivity contribution in [3.05, 3.63) is 24.3 Å². The number of allylic oxidation sites excluding steroid dienone is 4. The molecule has 0 bridgehead atoms. The zero-order valence-electron chi connectivity index (χ0n) is 44.6. The van der Waals surface area contributed by atoms with Crippen LogP contribution in [-0.4, -0.2) is 87.5 Å². The molecule has 0 aliphatic carbocycles. The minimum Gasteiger partial charge on any atom is -0.394 e. The van der Waals surface area contributed by atoms with Crippen LogP contribution in [0, 0.1) is 0 Å². The van der Waals surface area contributed by atoms with E-state index >= 15 is 0 Å². The summed E-state index contributed by atoms with van der Waals surface area (Å²) in [6.45, 7) is 3.72. The third kappa shape index (κ3) is 38.4. The Hall–Kier alpha value is -1.33. The first kappa shape index (κ1) is 64.7. The number of aliphatic hydroxyl groups is 5. The second-order valence-electron chi connectivity index (χ2n) is 20.8. The normalized spacial score (nSPS) is 19.7. The topological polar surface area (TPSA) is 149 Å². The van der Waals surface area contributed by atoms with Crippen LogP contribution < -0.4 is 5.32 Å². The van der Waals surface area contributed by atoms with Crippen molar-refractivity contribution in [1.82, 2.24) is 5.32 Å². The predicted octanol–water partition coefficient (Wildman–Crippen LogP) is 14.6. The van der Waals surface area contributed by atoms with Gasteiger partial charge in [-0.05, 0) is 44.9 Å². The first-order valence-corrected chi connectivity index (χ1v) is 29.5. The van der Waals surface area contributed by atoms with Crippen molar-refractivity contribution in [3.63, 3.8) is 0 Å². The number of carbonyl (C=O) groups is 1. The van der Waals surface area contributed by atoms with Crippen molar-refractivity contribution in [2.24, 2.45) is 0 Å². The number of rotatable bonds is 51. The monoisotopic (exact) mass is 964 g/mol. The number of carbonyl (C=O) groups excluding carboxylic acids is 1. The van der Waals surface area contributed by atoms with Crippen molar-refractivity contribution in [3.8, 4) is 0 Å². The molecule has 1 heterocycles. The highest BCUT2D eigenvalue weighted by Crippen LogP contribution is 2.23. The van der Waals surface area contributed by atoms with Gasteiger partial charge in [-0.2, -0.15) is 0 Å². The van der Waals surface area contributed by atoms with Gasteiger partial charge < -0.3 is 40.3 Å². The zero-order chi connectivity index (χ0) is 49.4. The largest absolute Gasteiger partial charge is 0.394 e. The van der Waals surface area contributed by atoms with E-state index in [2.05, 4.69) is 43.5 Å². The molecule has 7 atom stereocenters. The lowest BCUT2D eigenvalue weighted by Gasteiger charge is -2.40. The minimum absolute atomic E-state index is 0.137. The number of aliphatic hydroxyl groups excluding tert-OH is 5. The summed E-state index contributed by atoms with van der Waals surface area (Å²) in [5, 5.41) is 53.9. The van der Waals surface area contributed by atoms with Crippen LogP contribution >= 0.6 is 0 Å². The minimum atomic E-state index is -1.55. The van der Waals surface area contributed by atoms with Crippen LogP contribution in [0.3, 0.4) is 0 Å². The molecule has 1 saturated heterocycles. The van der Waals surface area contributed by atoms with Gasteiger partial charge >= 0.3 is 0 Å². The zero-order valence-corrected chi connectivity index (χ0v) is 44.6. The average Bonchev–Trinajstić information content (AvgIpc) is 3.34. The van der Waals surface area contributed by atoms with Crippen LogP contribution in [0.4, 0.5) is 0 Å². The molecule has 7 unspecified atom stereocenters. The fourth-order valence-corrected chi connectivity index (χ4v) is 9.61. The molecule has 0 radical (unpaired) electrons. The summed E-state index contributed by atoms with van der Waals surface area (Å²) >= 11 is 0. The first-order valence-electron chi connectivity index (χ1n) is 29.5. The number of amides is 1. The first-order chi connectivity index (χ1) is 33.3. The molecule has 1 fully saturated rings. The maximum atomic E-state index is 12.9. The Morgan fingerprint density at radius 1 is 0.500 bits per heavy atom. The van der Waals surface area contributed by atoms with Gasteiger partial charge in [0, 0.05) is 6.42 Å². The molecule has 0 aromatic rings. The van der Waals surface area contributed by atoms with Gasteiger partial charge in [0.1, 0.15) is 24.4 Å². The van der Waals surface area contributed by atoms with E-state index in [-0.39, 0.29) is 12.5 Å². The van der Waals surface area contributed by atoms with E-state index in [1.807, 2.05) is 0 Å². The molecule has 1 rings (SSSR count). The van der Waals surface area contributed by atoms with Gasteiger partial charge in [-0.15, -0.1) is 0 Å². The lowest BCUT2D eigenvalue weighted by atomic mass is 9.99. The summed E-state index contributed by atoms with van der Waals surface area (Å²) in [5.74, 6) is -0.148. The highest BCUT2D eigenvalue weighted by Gasteiger charge is 2.44. The Balaban J connectivity index is 1.88. The Bertz CT molecular complexity index is 1120. The molecule has 0 saturated carbocycles. The van der Waals surface area contributed by atoms with E-state index in [0.717, 1.165) is 51.4 Å². The van der Waals surface area contributed by atoms with Crippen LogP contribution in [0.15, 0.2) is 24.3 Å². The van der Waals surface area contributed by atoms with Gasteiger partial charge in [0.25, 0.3) is 0 Å². The van der Waals surface area contributed by atoms with E-state index < -0.39 is 49.5 Å². The molecule has 1 aliphatic rings. The summed E-state index contributed by atoms with van der Waals surface area (Å²) in [4.78, 5) is 12.9. The van der Waals surface area contributed by atoms with Crippen LogP contribution in [0.25, 0.3) is 0 Å². The van der Waals surface area contributed by atoms with Crippen LogP contribution in [0.2, 0.25) is 0 Å². The van der Waals surface area contributed by atoms with Crippen LogP contribution in [0.5, 0.6) is 0 Å². The van der Waals surface area contributed by atoms with E-state index in [1.54, 1.807) is 0 Å². The number of hydrogen-bond donors (Lipinski definition) is 6. The van der Waals surface area contributed by atoms with Crippen molar-refractivity contribution >= 4 is 5.91 Å². The molecule has 9 nitrogen and oxygen atoms in total. The molecule has 1 aliphatic heterocycles. The Morgan fingerprint density at radius 3 is 1.26 bits per heavy atom. The number of ether oxygens (including phenoxy) is 2. The van der Waals surface area contributed by atoms with Crippen molar-refractivity contribution in [2.75, 3.05) is 13.2 Å². The van der Waals surface area contributed by atoms with Gasteiger partial charge in [0.05, 0.1) is 25.4 Å². The van der Waals surface area contributed by atoms with Crippen LogP contribution in [-0.2, 0) is 14.3 Å². The summed E-state index contributed by atoms with van der Waals surface area (Å²) in [7, 11) is 0. The standard InChI is InChI=1S/C59H113NO8/c1-3-5-7-9-10-11-12-13-14-15-16-17-18-19-20-21-22-23-24-25-26-27-28-29-30-31-32-33-34-35-36-37-38-39-40-41-42-43-44-45-47-49-55(63)60-52(53(62)48-46-8-6-4-2)51-67-59-58(66)57(65)56(64)54(50-61)68-59/h12-13,15-16,52-54,56-59,61-62,64-66H,3-11,14,17-51H2,1-2H3,(H,60,63)/b13-12-,16-15-. The highest BCUT2D eigenvalue weighted by atomic mass is 16.7. The lowest BCUT2D eigenvalue weighted by molar-refractivity contribution is -0.302. The average molecular weight is 965 g/mol. The highest BCUT2D eigenvalue weighted by molar-refractivity contribution is 5.76. The van der Waals surface area contributed by atoms with E-state index in [0.29, 0.717) is 12.8 Å². The third-order valence-corrected chi connectivity index (χ3v) is 14.3. The molecule has 1 amide bonds. The summed E-state index contributed by atoms with van der Waals surface area (Å²) < 4.78 is 11.2. The maximum Gasteiger partial charge on any atom is 0.220 e. The molecule has 6 N–H and O–H groups in total. The smallest absolute Gasteiger partial charge is 0.220 e. The van der Waals surface area contributed by atoms with Gasteiger partial charge in [0.2, 0.25) is 5.91 Å². The molecular formula is C59H113NO8. The maximum absolute atomic E-state index is 12.9. The SMILES string of the molecule is CCCCCCC/C=C\C/C=C\CCCCCCCCCCCCCCCCCCCCCCCCCCCCCCCC(=O)NC(COC1OC(CO)C(O)C(O)C1O)C(O)CCCCCC. The fourth-order valence-electron chi connectivity index (χ4n) is 9.61. The molecule has 0 spiro atoms. The quantitative estimate of drug-likeness (QED) is 0.0261. The van der Waals surface area contributed by atoms with E-state index in [9.17, 15) is 30.3 Å². The molecule has 0 aromatic carbocycles. The Labute approximate surface area is 419 Å². The van der Waals surface area contributed by atoms with Gasteiger partial charge in [-0.1, -0.05) is 263 Å². The van der Waals surface area contributed by atoms with Gasteiger partial charge in [-0.25, -0.2) is 0 Å². The summed E-state index contributed by atoms with van der Waals surface area (Å²) in [6.07, 6.45) is 56.2. The summed E-state index contributed by atoms with van der Waals surface area (Å²) in [5.41, 5.74) is 0. The van der Waals surface area contributed by atoms with Crippen molar-refractivity contribution < 1.29 is 39.8 Å². The lowest BCUT2D eigenvalue weighted by Crippen LogP contribution is -2.60. The number of hydrogen-bond acceptors (Lipinski definition) is 8. The Kier molecular flexibility index (Phi) is 46.9. The van der Waals surface area contributed by atoms with Crippen molar-refractivity contribution in [1.29, 1.82) is 0 Å². The second kappa shape index (κ2) is 49.3. The molecule has 402 valence electrons. The second-order valence-corrected chi connectivity index (χ2v) is 20.8. The van der Waals surface area contributed by atoms with Gasteiger partial charge in [-0.3, -0.25) is 4.79 Å². The van der Waals surface area contributed by atoms with E-state index in [4.69, 9.17) is 9.47 Å². The molecule has 0 aromatic heterocycles. The number of unbranched alkanes of at least 4 members (excludes halogenated alkanes) is 37. The van der Waals surface area contributed by atoms with Gasteiger partial charge in [0.15, 0.2) is 6.29 Å². The molecule has 9 heteroatoms. The summed E-state index contributed by atoms with van der Waals surface area (Å²) in [6, 6.07) is -0.711. The Morgan fingerprint density at radius 2 is 0.868 bits per heavy atom. The van der Waals surface area contributed by atoms with E-state index in [1.165, 1.54) is 212 Å². The predicted molar refractivity (Wildman–Crippen MR) is 286 cm³/mol. The third-order valence-electron chi connectivity index (χ3n) is 14.3. The van der Waals surface area contributed by atoms with Crippen LogP contribution in [0.1, 0.15) is 290 Å². The molecule has 68 heavy (non-hydrogen) atoms. The number of nitrogens with one attached hydrogen (secondary N) is 1.